The van der Waals surface area contributed by atoms with E-state index in [9.17, 15) is 0 Å². The number of benzene rings is 1. The van der Waals surface area contributed by atoms with Crippen LogP contribution in [0.1, 0.15) is 24.2 Å². The summed E-state index contributed by atoms with van der Waals surface area (Å²) in [6, 6.07) is 10.6. The highest BCUT2D eigenvalue weighted by Crippen LogP contribution is 2.17. The summed E-state index contributed by atoms with van der Waals surface area (Å²) in [5.74, 6) is 0.467. The van der Waals surface area contributed by atoms with Crippen molar-refractivity contribution in [2.75, 3.05) is 0 Å². The fourth-order valence-electron chi connectivity index (χ4n) is 1.56. The van der Waals surface area contributed by atoms with Crippen molar-refractivity contribution in [3.63, 3.8) is 0 Å². The van der Waals surface area contributed by atoms with Crippen LogP contribution in [0.3, 0.4) is 0 Å². The van der Waals surface area contributed by atoms with E-state index in [1.165, 1.54) is 5.56 Å². The van der Waals surface area contributed by atoms with E-state index in [-0.39, 0.29) is 0 Å². The number of hydrogen-bond acceptors (Lipinski definition) is 1. The maximum absolute atomic E-state index is 5.72. The molecule has 2 nitrogen and oxygen atoms in total. The zero-order valence-corrected chi connectivity index (χ0v) is 9.35. The molecule has 1 atom stereocenters. The van der Waals surface area contributed by atoms with Gasteiger partial charge in [-0.05, 0) is 12.5 Å². The van der Waals surface area contributed by atoms with Gasteiger partial charge in [0.1, 0.15) is 0 Å². The zero-order chi connectivity index (χ0) is 10.7. The average molecular weight is 221 g/mol. The third-order valence-electron chi connectivity index (χ3n) is 2.52. The lowest BCUT2D eigenvalue weighted by Crippen LogP contribution is -2.03. The van der Waals surface area contributed by atoms with Crippen LogP contribution in [-0.4, -0.2) is 9.55 Å². The molecule has 1 unspecified atom stereocenters. The van der Waals surface area contributed by atoms with Crippen molar-refractivity contribution in [2.45, 2.75) is 18.8 Å². The van der Waals surface area contributed by atoms with Crippen molar-refractivity contribution in [1.29, 1.82) is 0 Å². The maximum atomic E-state index is 5.72. The van der Waals surface area contributed by atoms with Crippen LogP contribution in [0, 0.1) is 0 Å². The lowest BCUT2D eigenvalue weighted by atomic mass is 10.1. The number of halogens is 1. The molecule has 1 heterocycles. The molecular weight excluding hydrogens is 208 g/mol. The summed E-state index contributed by atoms with van der Waals surface area (Å²) in [6.45, 7) is 2.15. The average Bonchev–Trinajstić information content (AvgIpc) is 2.78. The number of imidazole rings is 1. The van der Waals surface area contributed by atoms with E-state index >= 15 is 0 Å². The van der Waals surface area contributed by atoms with E-state index in [0.717, 1.165) is 5.69 Å². The fourth-order valence-corrected chi connectivity index (χ4v) is 1.70. The summed E-state index contributed by atoms with van der Waals surface area (Å²) in [5.41, 5.74) is 2.19. The molecule has 2 aromatic rings. The van der Waals surface area contributed by atoms with Crippen molar-refractivity contribution < 1.29 is 0 Å². The van der Waals surface area contributed by atoms with Gasteiger partial charge in [0.25, 0.3) is 0 Å². The van der Waals surface area contributed by atoms with E-state index in [1.807, 2.05) is 30.7 Å². The van der Waals surface area contributed by atoms with Crippen LogP contribution in [-0.2, 0) is 5.88 Å². The molecule has 15 heavy (non-hydrogen) atoms. The first-order valence-corrected chi connectivity index (χ1v) is 5.48. The Labute approximate surface area is 94.5 Å². The largest absolute Gasteiger partial charge is 0.330 e. The molecule has 0 aliphatic rings. The van der Waals surface area contributed by atoms with Gasteiger partial charge in [-0.3, -0.25) is 0 Å². The third kappa shape index (κ3) is 2.21. The van der Waals surface area contributed by atoms with Crippen molar-refractivity contribution in [3.05, 3.63) is 54.1 Å². The summed E-state index contributed by atoms with van der Waals surface area (Å²) in [7, 11) is 0. The third-order valence-corrected chi connectivity index (χ3v) is 2.79. The number of alkyl halides is 1. The van der Waals surface area contributed by atoms with Crippen molar-refractivity contribution in [3.8, 4) is 0 Å². The number of aromatic nitrogens is 2. The van der Waals surface area contributed by atoms with Gasteiger partial charge in [-0.2, -0.15) is 0 Å². The van der Waals surface area contributed by atoms with Gasteiger partial charge in [-0.15, -0.1) is 11.6 Å². The van der Waals surface area contributed by atoms with E-state index in [2.05, 4.69) is 28.6 Å². The number of nitrogens with zero attached hydrogens (tertiary/aromatic N) is 2. The van der Waals surface area contributed by atoms with Crippen LogP contribution < -0.4 is 0 Å². The van der Waals surface area contributed by atoms with Crippen LogP contribution in [0.5, 0.6) is 0 Å². The minimum atomic E-state index is 0.302. The first kappa shape index (κ1) is 10.2. The highest BCUT2D eigenvalue weighted by atomic mass is 35.5. The Kier molecular flexibility index (Phi) is 3.07. The van der Waals surface area contributed by atoms with Crippen LogP contribution in [0.2, 0.25) is 0 Å². The molecule has 0 aliphatic carbocycles. The molecule has 0 fully saturated rings. The first-order valence-electron chi connectivity index (χ1n) is 4.94. The summed E-state index contributed by atoms with van der Waals surface area (Å²) >= 11 is 5.72. The zero-order valence-electron chi connectivity index (χ0n) is 8.60. The standard InChI is InChI=1S/C12H13ClN2/c1-10(11-5-3-2-4-6-11)15-8-12(7-13)14-9-15/h2-6,8-10H,7H2,1H3. The van der Waals surface area contributed by atoms with Crippen molar-refractivity contribution in [1.82, 2.24) is 9.55 Å². The Morgan fingerprint density at radius 1 is 1.33 bits per heavy atom. The van der Waals surface area contributed by atoms with Gasteiger partial charge in [-0.1, -0.05) is 30.3 Å². The molecule has 0 aliphatic heterocycles. The second-order valence-electron chi connectivity index (χ2n) is 3.53. The smallest absolute Gasteiger partial charge is 0.0955 e. The van der Waals surface area contributed by atoms with E-state index in [0.29, 0.717) is 11.9 Å². The normalized spacial score (nSPS) is 12.7. The molecule has 1 aromatic carbocycles. The number of hydrogen-bond donors (Lipinski definition) is 0. The molecule has 78 valence electrons. The Bertz CT molecular complexity index is 422. The highest BCUT2D eigenvalue weighted by molar-refractivity contribution is 6.16. The first-order chi connectivity index (χ1) is 7.31. The molecule has 0 radical (unpaired) electrons. The summed E-state index contributed by atoms with van der Waals surface area (Å²) < 4.78 is 2.08. The summed E-state index contributed by atoms with van der Waals surface area (Å²) in [4.78, 5) is 4.21. The Morgan fingerprint density at radius 2 is 2.07 bits per heavy atom. The quantitative estimate of drug-likeness (QED) is 0.727. The maximum Gasteiger partial charge on any atom is 0.0955 e. The highest BCUT2D eigenvalue weighted by Gasteiger charge is 2.07. The molecule has 0 spiro atoms. The molecular formula is C12H13ClN2. The molecule has 0 N–H and O–H groups in total. The molecule has 1 aromatic heterocycles. The monoisotopic (exact) mass is 220 g/mol. The second-order valence-corrected chi connectivity index (χ2v) is 3.80. The fraction of sp³-hybridized carbons (Fsp3) is 0.250. The van der Waals surface area contributed by atoms with Gasteiger partial charge in [0.05, 0.1) is 23.9 Å². The van der Waals surface area contributed by atoms with Crippen LogP contribution in [0.15, 0.2) is 42.9 Å². The van der Waals surface area contributed by atoms with Gasteiger partial charge in [0, 0.05) is 6.20 Å². The predicted octanol–water partition coefficient (Wildman–Crippen LogP) is 3.23. The Morgan fingerprint density at radius 3 is 2.67 bits per heavy atom. The predicted molar refractivity (Wildman–Crippen MR) is 62.0 cm³/mol. The van der Waals surface area contributed by atoms with Gasteiger partial charge in [-0.25, -0.2) is 4.98 Å². The van der Waals surface area contributed by atoms with Gasteiger partial charge in [0.15, 0.2) is 0 Å². The van der Waals surface area contributed by atoms with Crippen LogP contribution >= 0.6 is 11.6 Å². The molecule has 0 bridgehead atoms. The molecule has 0 amide bonds. The minimum absolute atomic E-state index is 0.302. The topological polar surface area (TPSA) is 17.8 Å². The molecule has 0 saturated heterocycles. The Balaban J connectivity index is 2.24. The number of rotatable bonds is 3. The lowest BCUT2D eigenvalue weighted by molar-refractivity contribution is 0.638. The van der Waals surface area contributed by atoms with Crippen molar-refractivity contribution in [2.24, 2.45) is 0 Å². The SMILES string of the molecule is CC(c1ccccc1)n1cnc(CCl)c1. The molecule has 0 saturated carbocycles. The van der Waals surface area contributed by atoms with Crippen LogP contribution in [0.25, 0.3) is 0 Å². The van der Waals surface area contributed by atoms with E-state index in [1.54, 1.807) is 0 Å². The van der Waals surface area contributed by atoms with Crippen LogP contribution in [0.4, 0.5) is 0 Å². The summed E-state index contributed by atoms with van der Waals surface area (Å²) in [6.07, 6.45) is 3.82. The van der Waals surface area contributed by atoms with Gasteiger partial charge >= 0.3 is 0 Å². The van der Waals surface area contributed by atoms with E-state index in [4.69, 9.17) is 11.6 Å². The summed E-state index contributed by atoms with van der Waals surface area (Å²) in [5, 5.41) is 0. The lowest BCUT2D eigenvalue weighted by Gasteiger charge is -2.12. The Hall–Kier alpha value is -1.28. The minimum Gasteiger partial charge on any atom is -0.330 e. The molecule has 3 heteroatoms. The second kappa shape index (κ2) is 4.49. The van der Waals surface area contributed by atoms with Gasteiger partial charge < -0.3 is 4.57 Å². The van der Waals surface area contributed by atoms with Gasteiger partial charge in [0.2, 0.25) is 0 Å². The van der Waals surface area contributed by atoms with Crippen molar-refractivity contribution >= 4 is 11.6 Å². The van der Waals surface area contributed by atoms with E-state index < -0.39 is 0 Å². The molecule has 2 rings (SSSR count).